The lowest BCUT2D eigenvalue weighted by Crippen LogP contribution is -2.08. The monoisotopic (exact) mass is 247 g/mol. The molecule has 1 atom stereocenters. The van der Waals surface area contributed by atoms with Gasteiger partial charge in [0, 0.05) is 17.0 Å². The number of benzene rings is 1. The molecule has 17 heavy (non-hydrogen) atoms. The van der Waals surface area contributed by atoms with E-state index in [0.717, 1.165) is 18.4 Å². The summed E-state index contributed by atoms with van der Waals surface area (Å²) in [5, 5.41) is 1.50. The number of halogens is 1. The van der Waals surface area contributed by atoms with Crippen LogP contribution in [0.4, 0.5) is 0 Å². The quantitative estimate of drug-likeness (QED) is 0.729. The van der Waals surface area contributed by atoms with Crippen LogP contribution in [0.15, 0.2) is 36.5 Å². The lowest BCUT2D eigenvalue weighted by atomic mass is 9.99. The van der Waals surface area contributed by atoms with E-state index in [4.69, 9.17) is 11.6 Å². The Hall–Kier alpha value is -1.08. The van der Waals surface area contributed by atoms with Crippen molar-refractivity contribution in [3.8, 4) is 0 Å². The standard InChI is InChI=1S/C15H18ClN/c1-11(2)14(16)9-8-12-5-3-7-15-13(12)6-4-10-17-15/h3-7,10-11,14H,8-9H2,1-2H3. The van der Waals surface area contributed by atoms with Crippen LogP contribution < -0.4 is 0 Å². The average molecular weight is 248 g/mol. The molecule has 1 unspecified atom stereocenters. The van der Waals surface area contributed by atoms with Gasteiger partial charge in [-0.2, -0.15) is 0 Å². The number of rotatable bonds is 4. The van der Waals surface area contributed by atoms with Crippen LogP contribution in [0.25, 0.3) is 10.9 Å². The van der Waals surface area contributed by atoms with Crippen LogP contribution in [0.5, 0.6) is 0 Å². The van der Waals surface area contributed by atoms with E-state index in [1.54, 1.807) is 0 Å². The van der Waals surface area contributed by atoms with Crippen LogP contribution >= 0.6 is 11.6 Å². The molecule has 2 heteroatoms. The molecule has 0 aliphatic carbocycles. The minimum absolute atomic E-state index is 0.252. The topological polar surface area (TPSA) is 12.9 Å². The Morgan fingerprint density at radius 1 is 1.18 bits per heavy atom. The zero-order chi connectivity index (χ0) is 12.3. The van der Waals surface area contributed by atoms with Crippen molar-refractivity contribution in [1.29, 1.82) is 0 Å². The van der Waals surface area contributed by atoms with Gasteiger partial charge in [-0.15, -0.1) is 11.6 Å². The zero-order valence-corrected chi connectivity index (χ0v) is 11.1. The third kappa shape index (κ3) is 2.98. The second-order valence-corrected chi connectivity index (χ2v) is 5.35. The second kappa shape index (κ2) is 5.50. The molecule has 0 bridgehead atoms. The van der Waals surface area contributed by atoms with E-state index < -0.39 is 0 Å². The molecule has 2 rings (SSSR count). The van der Waals surface area contributed by atoms with Gasteiger partial charge < -0.3 is 0 Å². The summed E-state index contributed by atoms with van der Waals surface area (Å²) < 4.78 is 0. The van der Waals surface area contributed by atoms with Gasteiger partial charge in [0.1, 0.15) is 0 Å². The van der Waals surface area contributed by atoms with Gasteiger partial charge in [0.05, 0.1) is 5.52 Å². The first-order valence-corrected chi connectivity index (χ1v) is 6.59. The summed E-state index contributed by atoms with van der Waals surface area (Å²) in [6, 6.07) is 10.4. The zero-order valence-electron chi connectivity index (χ0n) is 10.4. The Bertz CT molecular complexity index is 488. The van der Waals surface area contributed by atoms with E-state index in [0.29, 0.717) is 5.92 Å². The van der Waals surface area contributed by atoms with Crippen molar-refractivity contribution in [2.24, 2.45) is 5.92 Å². The highest BCUT2D eigenvalue weighted by molar-refractivity contribution is 6.20. The SMILES string of the molecule is CC(C)C(Cl)CCc1cccc2ncccc12. The molecule has 0 radical (unpaired) electrons. The average Bonchev–Trinajstić information content (AvgIpc) is 2.35. The van der Waals surface area contributed by atoms with Gasteiger partial charge in [0.2, 0.25) is 0 Å². The van der Waals surface area contributed by atoms with Crippen molar-refractivity contribution in [2.75, 3.05) is 0 Å². The summed E-state index contributed by atoms with van der Waals surface area (Å²) in [5.74, 6) is 0.532. The third-order valence-electron chi connectivity index (χ3n) is 3.15. The molecule has 0 amide bonds. The molecular formula is C15H18ClN. The number of alkyl halides is 1. The fraction of sp³-hybridized carbons (Fsp3) is 0.400. The molecule has 0 aliphatic rings. The summed E-state index contributed by atoms with van der Waals surface area (Å²) in [6.07, 6.45) is 3.88. The van der Waals surface area contributed by atoms with E-state index >= 15 is 0 Å². The molecule has 1 aromatic carbocycles. The van der Waals surface area contributed by atoms with Crippen molar-refractivity contribution in [1.82, 2.24) is 4.98 Å². The third-order valence-corrected chi connectivity index (χ3v) is 3.87. The first kappa shape index (κ1) is 12.4. The molecule has 1 nitrogen and oxygen atoms in total. The van der Waals surface area contributed by atoms with Gasteiger partial charge in [-0.1, -0.05) is 32.0 Å². The van der Waals surface area contributed by atoms with Crippen LogP contribution in [0.3, 0.4) is 0 Å². The molecule has 0 aliphatic heterocycles. The van der Waals surface area contributed by atoms with Gasteiger partial charge in [-0.05, 0) is 36.5 Å². The number of nitrogens with zero attached hydrogens (tertiary/aromatic N) is 1. The van der Waals surface area contributed by atoms with Crippen molar-refractivity contribution in [3.63, 3.8) is 0 Å². The minimum Gasteiger partial charge on any atom is -0.256 e. The highest BCUT2D eigenvalue weighted by Gasteiger charge is 2.10. The highest BCUT2D eigenvalue weighted by Crippen LogP contribution is 2.21. The van der Waals surface area contributed by atoms with Crippen molar-refractivity contribution < 1.29 is 0 Å². The Kier molecular flexibility index (Phi) is 4.01. The highest BCUT2D eigenvalue weighted by atomic mass is 35.5. The Morgan fingerprint density at radius 3 is 2.76 bits per heavy atom. The molecule has 0 saturated carbocycles. The van der Waals surface area contributed by atoms with E-state index in [1.165, 1.54) is 10.9 Å². The maximum atomic E-state index is 6.30. The molecule has 0 saturated heterocycles. The summed E-state index contributed by atoms with van der Waals surface area (Å²) in [5.41, 5.74) is 2.42. The van der Waals surface area contributed by atoms with Crippen molar-refractivity contribution >= 4 is 22.5 Å². The summed E-state index contributed by atoms with van der Waals surface area (Å²) in [6.45, 7) is 4.34. The van der Waals surface area contributed by atoms with E-state index in [2.05, 4.69) is 43.1 Å². The van der Waals surface area contributed by atoms with Gasteiger partial charge in [0.25, 0.3) is 0 Å². The van der Waals surface area contributed by atoms with Crippen LogP contribution in [-0.2, 0) is 6.42 Å². The molecule has 0 N–H and O–H groups in total. The fourth-order valence-corrected chi connectivity index (χ4v) is 2.12. The van der Waals surface area contributed by atoms with Gasteiger partial charge >= 0.3 is 0 Å². The molecule has 2 aromatic rings. The molecule has 90 valence electrons. The molecule has 0 fully saturated rings. The number of hydrogen-bond donors (Lipinski definition) is 0. The number of hydrogen-bond acceptors (Lipinski definition) is 1. The van der Waals surface area contributed by atoms with Gasteiger partial charge in [-0.25, -0.2) is 0 Å². The van der Waals surface area contributed by atoms with Gasteiger partial charge in [0.15, 0.2) is 0 Å². The number of pyridine rings is 1. The first-order chi connectivity index (χ1) is 8.18. The molecular weight excluding hydrogens is 230 g/mol. The van der Waals surface area contributed by atoms with Crippen LogP contribution in [0.1, 0.15) is 25.8 Å². The van der Waals surface area contributed by atoms with Gasteiger partial charge in [-0.3, -0.25) is 4.98 Å². The van der Waals surface area contributed by atoms with Crippen LogP contribution in [0, 0.1) is 5.92 Å². The summed E-state index contributed by atoms with van der Waals surface area (Å²) >= 11 is 6.30. The number of aromatic nitrogens is 1. The number of aryl methyl sites for hydroxylation is 1. The predicted molar refractivity (Wildman–Crippen MR) is 74.5 cm³/mol. The van der Waals surface area contributed by atoms with E-state index in [1.807, 2.05) is 12.3 Å². The predicted octanol–water partition coefficient (Wildman–Crippen LogP) is 4.43. The van der Waals surface area contributed by atoms with Crippen molar-refractivity contribution in [3.05, 3.63) is 42.1 Å². The normalized spacial score (nSPS) is 13.2. The minimum atomic E-state index is 0.252. The Morgan fingerprint density at radius 2 is 2.00 bits per heavy atom. The second-order valence-electron chi connectivity index (χ2n) is 4.79. The molecule has 1 aromatic heterocycles. The van der Waals surface area contributed by atoms with E-state index in [9.17, 15) is 0 Å². The number of fused-ring (bicyclic) bond motifs is 1. The Labute approximate surface area is 108 Å². The lowest BCUT2D eigenvalue weighted by Gasteiger charge is -2.13. The summed E-state index contributed by atoms with van der Waals surface area (Å²) in [7, 11) is 0. The first-order valence-electron chi connectivity index (χ1n) is 6.15. The maximum absolute atomic E-state index is 6.30. The fourth-order valence-electron chi connectivity index (χ4n) is 2.01. The largest absolute Gasteiger partial charge is 0.256 e. The van der Waals surface area contributed by atoms with Crippen LogP contribution in [0.2, 0.25) is 0 Å². The van der Waals surface area contributed by atoms with E-state index in [-0.39, 0.29) is 5.38 Å². The lowest BCUT2D eigenvalue weighted by molar-refractivity contribution is 0.566. The Balaban J connectivity index is 2.19. The summed E-state index contributed by atoms with van der Waals surface area (Å²) in [4.78, 5) is 4.37. The molecule has 0 spiro atoms. The smallest absolute Gasteiger partial charge is 0.0704 e. The maximum Gasteiger partial charge on any atom is 0.0704 e. The molecule has 1 heterocycles. The van der Waals surface area contributed by atoms with Crippen molar-refractivity contribution in [2.45, 2.75) is 32.1 Å². The van der Waals surface area contributed by atoms with Crippen LogP contribution in [-0.4, -0.2) is 10.4 Å².